The number of piperidine rings is 1. The van der Waals surface area contributed by atoms with Gasteiger partial charge in [-0.2, -0.15) is 4.98 Å². The third-order valence-electron chi connectivity index (χ3n) is 7.06. The van der Waals surface area contributed by atoms with Crippen molar-refractivity contribution in [2.45, 2.75) is 26.3 Å². The van der Waals surface area contributed by atoms with Gasteiger partial charge in [-0.25, -0.2) is 9.18 Å². The van der Waals surface area contributed by atoms with Crippen LogP contribution in [0, 0.1) is 18.7 Å². The highest BCUT2D eigenvalue weighted by atomic mass is 19.1. The van der Waals surface area contributed by atoms with Crippen molar-refractivity contribution in [3.05, 3.63) is 56.0 Å². The van der Waals surface area contributed by atoms with Gasteiger partial charge < -0.3 is 14.5 Å². The van der Waals surface area contributed by atoms with E-state index in [9.17, 15) is 18.8 Å². The molecule has 1 fully saturated rings. The predicted molar refractivity (Wildman–Crippen MR) is 135 cm³/mol. The lowest BCUT2D eigenvalue weighted by molar-refractivity contribution is -0.135. The lowest BCUT2D eigenvalue weighted by Crippen LogP contribution is -2.45. The number of fused-ring (bicyclic) bond motifs is 1. The molecule has 36 heavy (non-hydrogen) atoms. The number of ether oxygens (including phenoxy) is 1. The SMILES string of the molecule is COCCN(C)C(=O)C1CCCN(c2nc3c(c(=O)n(C)c(=O)n3C)n2Cc2c(C)cccc2F)C1. The molecule has 10 nitrogen and oxygen atoms in total. The molecule has 11 heteroatoms. The quantitative estimate of drug-likeness (QED) is 0.485. The highest BCUT2D eigenvalue weighted by Crippen LogP contribution is 2.28. The molecule has 3 aromatic rings. The molecule has 194 valence electrons. The number of aryl methyl sites for hydroxylation is 2. The van der Waals surface area contributed by atoms with Crippen LogP contribution in [0.5, 0.6) is 0 Å². The number of carbonyl (C=O) groups is 1. The molecule has 1 aliphatic heterocycles. The van der Waals surface area contributed by atoms with Gasteiger partial charge in [0.1, 0.15) is 5.82 Å². The van der Waals surface area contributed by atoms with Gasteiger partial charge in [0.15, 0.2) is 11.2 Å². The molecule has 0 radical (unpaired) electrons. The number of rotatable bonds is 7. The predicted octanol–water partition coefficient (Wildman–Crippen LogP) is 1.25. The van der Waals surface area contributed by atoms with Crippen molar-refractivity contribution < 1.29 is 13.9 Å². The molecule has 1 saturated heterocycles. The Labute approximate surface area is 208 Å². The van der Waals surface area contributed by atoms with Crippen molar-refractivity contribution in [3.63, 3.8) is 0 Å². The zero-order valence-corrected chi connectivity index (χ0v) is 21.5. The van der Waals surface area contributed by atoms with E-state index in [0.717, 1.165) is 23.0 Å². The Morgan fingerprint density at radius 2 is 2.00 bits per heavy atom. The Morgan fingerprint density at radius 1 is 1.25 bits per heavy atom. The first-order valence-corrected chi connectivity index (χ1v) is 12.0. The van der Waals surface area contributed by atoms with Crippen LogP contribution in [0.15, 0.2) is 27.8 Å². The van der Waals surface area contributed by atoms with E-state index in [2.05, 4.69) is 0 Å². The van der Waals surface area contributed by atoms with Crippen LogP contribution >= 0.6 is 0 Å². The van der Waals surface area contributed by atoms with Gasteiger partial charge in [-0.1, -0.05) is 12.1 Å². The van der Waals surface area contributed by atoms with E-state index in [1.54, 1.807) is 36.7 Å². The monoisotopic (exact) mass is 500 g/mol. The van der Waals surface area contributed by atoms with Gasteiger partial charge in [-0.15, -0.1) is 0 Å². The molecular formula is C25H33FN6O4. The smallest absolute Gasteiger partial charge is 0.332 e. The highest BCUT2D eigenvalue weighted by Gasteiger charge is 2.31. The van der Waals surface area contributed by atoms with Gasteiger partial charge in [0, 0.05) is 53.5 Å². The number of hydrogen-bond donors (Lipinski definition) is 0. The number of aromatic nitrogens is 4. The second kappa shape index (κ2) is 10.3. The molecule has 0 N–H and O–H groups in total. The molecule has 3 heterocycles. The van der Waals surface area contributed by atoms with E-state index >= 15 is 0 Å². The minimum atomic E-state index is -0.496. The molecule has 1 aromatic carbocycles. The fourth-order valence-electron chi connectivity index (χ4n) is 4.86. The van der Waals surface area contributed by atoms with E-state index in [1.165, 1.54) is 17.7 Å². The van der Waals surface area contributed by atoms with Crippen LogP contribution < -0.4 is 16.1 Å². The summed E-state index contributed by atoms with van der Waals surface area (Å²) in [6, 6.07) is 4.85. The number of carbonyl (C=O) groups excluding carboxylic acids is 1. The second-order valence-corrected chi connectivity index (χ2v) is 9.45. The Morgan fingerprint density at radius 3 is 2.69 bits per heavy atom. The van der Waals surface area contributed by atoms with Crippen molar-refractivity contribution in [2.75, 3.05) is 45.3 Å². The Hall–Kier alpha value is -3.47. The lowest BCUT2D eigenvalue weighted by Gasteiger charge is -2.34. The van der Waals surface area contributed by atoms with E-state index in [0.29, 0.717) is 37.8 Å². The summed E-state index contributed by atoms with van der Waals surface area (Å²) >= 11 is 0. The first-order valence-electron chi connectivity index (χ1n) is 12.0. The molecule has 0 saturated carbocycles. The minimum Gasteiger partial charge on any atom is -0.383 e. The summed E-state index contributed by atoms with van der Waals surface area (Å²) in [6.07, 6.45) is 1.49. The van der Waals surface area contributed by atoms with E-state index < -0.39 is 11.2 Å². The third kappa shape index (κ3) is 4.55. The fourth-order valence-corrected chi connectivity index (χ4v) is 4.86. The standard InChI is InChI=1S/C25H33FN6O4/c1-16-8-6-10-19(26)18(16)15-32-20-21(29(3)25(35)30(4)23(20)34)27-24(32)31-11-7-9-17(14-31)22(33)28(2)12-13-36-5/h6,8,10,17H,7,9,11-15H2,1-5H3. The maximum Gasteiger partial charge on any atom is 0.332 e. The van der Waals surface area contributed by atoms with Gasteiger partial charge >= 0.3 is 5.69 Å². The summed E-state index contributed by atoms with van der Waals surface area (Å²) in [4.78, 5) is 47.3. The van der Waals surface area contributed by atoms with Crippen molar-refractivity contribution in [2.24, 2.45) is 20.0 Å². The number of hydrogen-bond acceptors (Lipinski definition) is 6. The zero-order chi connectivity index (χ0) is 26.1. The van der Waals surface area contributed by atoms with Crippen molar-refractivity contribution in [1.82, 2.24) is 23.6 Å². The number of methoxy groups -OCH3 is 1. The van der Waals surface area contributed by atoms with Gasteiger partial charge in [0.25, 0.3) is 5.56 Å². The van der Waals surface area contributed by atoms with Crippen molar-refractivity contribution in [1.29, 1.82) is 0 Å². The molecule has 1 aliphatic rings. The third-order valence-corrected chi connectivity index (χ3v) is 7.06. The molecule has 1 amide bonds. The van der Waals surface area contributed by atoms with Crippen molar-refractivity contribution >= 4 is 23.0 Å². The fraction of sp³-hybridized carbons (Fsp3) is 0.520. The largest absolute Gasteiger partial charge is 0.383 e. The molecular weight excluding hydrogens is 467 g/mol. The van der Waals surface area contributed by atoms with Crippen LogP contribution in [0.3, 0.4) is 0 Å². The minimum absolute atomic E-state index is 0.0210. The summed E-state index contributed by atoms with van der Waals surface area (Å²) in [5, 5.41) is 0. The van der Waals surface area contributed by atoms with Crippen LogP contribution in [0.1, 0.15) is 24.0 Å². The maximum atomic E-state index is 14.9. The topological polar surface area (TPSA) is 94.6 Å². The Bertz CT molecular complexity index is 1390. The van der Waals surface area contributed by atoms with Gasteiger partial charge in [0.2, 0.25) is 11.9 Å². The number of nitrogens with zero attached hydrogens (tertiary/aromatic N) is 6. The van der Waals surface area contributed by atoms with E-state index in [1.807, 2.05) is 17.9 Å². The molecule has 1 unspecified atom stereocenters. The van der Waals surface area contributed by atoms with Crippen LogP contribution in [-0.4, -0.2) is 69.9 Å². The number of likely N-dealkylation sites (N-methyl/N-ethyl adjacent to an activating group) is 1. The number of anilines is 1. The van der Waals surface area contributed by atoms with Crippen LogP contribution in [0.2, 0.25) is 0 Å². The highest BCUT2D eigenvalue weighted by molar-refractivity contribution is 5.80. The van der Waals surface area contributed by atoms with Crippen LogP contribution in [-0.2, 0) is 30.2 Å². The Kier molecular flexibility index (Phi) is 7.30. The summed E-state index contributed by atoms with van der Waals surface area (Å²) in [5.41, 5.74) is 0.663. The lowest BCUT2D eigenvalue weighted by atomic mass is 9.97. The number of imidazole rings is 1. The molecule has 0 spiro atoms. The summed E-state index contributed by atoms with van der Waals surface area (Å²) in [6.45, 7) is 3.86. The van der Waals surface area contributed by atoms with E-state index in [-0.39, 0.29) is 35.4 Å². The average Bonchev–Trinajstić information content (AvgIpc) is 3.26. The Balaban J connectivity index is 1.82. The number of amides is 1. The summed E-state index contributed by atoms with van der Waals surface area (Å²) in [7, 11) is 6.34. The summed E-state index contributed by atoms with van der Waals surface area (Å²) < 4.78 is 24.0. The van der Waals surface area contributed by atoms with Crippen LogP contribution in [0.25, 0.3) is 11.2 Å². The second-order valence-electron chi connectivity index (χ2n) is 9.45. The van der Waals surface area contributed by atoms with Gasteiger partial charge in [-0.05, 0) is 31.4 Å². The summed E-state index contributed by atoms with van der Waals surface area (Å²) in [5.74, 6) is -0.165. The normalized spacial score (nSPS) is 16.1. The zero-order valence-electron chi connectivity index (χ0n) is 21.5. The van der Waals surface area contributed by atoms with Crippen molar-refractivity contribution in [3.8, 4) is 0 Å². The first kappa shape index (κ1) is 25.6. The molecule has 4 rings (SSSR count). The molecule has 0 aliphatic carbocycles. The molecule has 1 atom stereocenters. The molecule has 2 aromatic heterocycles. The van der Waals surface area contributed by atoms with Gasteiger partial charge in [0.05, 0.1) is 19.1 Å². The van der Waals surface area contributed by atoms with Crippen LogP contribution in [0.4, 0.5) is 10.3 Å². The number of halogens is 1. The van der Waals surface area contributed by atoms with Gasteiger partial charge in [-0.3, -0.25) is 23.3 Å². The average molecular weight is 501 g/mol. The van der Waals surface area contributed by atoms with E-state index in [4.69, 9.17) is 9.72 Å². The first-order chi connectivity index (χ1) is 17.1. The molecule has 0 bridgehead atoms. The number of benzene rings is 1. The maximum absolute atomic E-state index is 14.9.